The Balaban J connectivity index is 1.76. The molecule has 0 saturated carbocycles. The first-order valence-corrected chi connectivity index (χ1v) is 9.33. The van der Waals surface area contributed by atoms with E-state index in [-0.39, 0.29) is 32.1 Å². The van der Waals surface area contributed by atoms with Gasteiger partial charge in [0, 0.05) is 14.1 Å². The minimum Gasteiger partial charge on any atom is -0.491 e. The van der Waals surface area contributed by atoms with Crippen LogP contribution in [0.3, 0.4) is 0 Å². The lowest BCUT2D eigenvalue weighted by molar-refractivity contribution is -0.545. The number of aliphatic hydroxyl groups excluding tert-OH is 2. The zero-order valence-electron chi connectivity index (χ0n) is 16.7. The van der Waals surface area contributed by atoms with Gasteiger partial charge in [-0.1, -0.05) is 22.7 Å². The molecule has 0 spiro atoms. The van der Waals surface area contributed by atoms with Crippen LogP contribution in [0.5, 0.6) is 5.75 Å². The molecule has 3 rings (SSSR count). The Hall–Kier alpha value is -2.98. The van der Waals surface area contributed by atoms with Crippen molar-refractivity contribution >= 4 is 23.7 Å². The van der Waals surface area contributed by atoms with Gasteiger partial charge in [-0.2, -0.15) is 0 Å². The summed E-state index contributed by atoms with van der Waals surface area (Å²) in [6.07, 6.45) is -0.919. The number of aliphatic imine (C=N–C) groups is 1. The Morgan fingerprint density at radius 1 is 1.24 bits per heavy atom. The topological polar surface area (TPSA) is 118 Å². The van der Waals surface area contributed by atoms with Crippen LogP contribution in [0.4, 0.5) is 4.79 Å². The standard InChI is InChI=1S/C19H25N5O5/c1-12-4-6-14(7-5-12)29-11-13(26)10-24-15-16(21-18(24)20-8-9-25)22(2)19(28)23(3)17(15)27/h4-7,13,15,25-26H,8-11H2,1-3H3/p+1. The summed E-state index contributed by atoms with van der Waals surface area (Å²) in [6, 6.07) is 6.15. The van der Waals surface area contributed by atoms with E-state index in [1.807, 2.05) is 31.2 Å². The van der Waals surface area contributed by atoms with Crippen molar-refractivity contribution in [2.75, 3.05) is 40.4 Å². The maximum absolute atomic E-state index is 12.7. The number of rotatable bonds is 7. The van der Waals surface area contributed by atoms with E-state index in [1.165, 1.54) is 11.9 Å². The third kappa shape index (κ3) is 4.22. The largest absolute Gasteiger partial charge is 0.491 e. The van der Waals surface area contributed by atoms with Crippen molar-refractivity contribution in [3.8, 4) is 5.75 Å². The highest BCUT2D eigenvalue weighted by molar-refractivity contribution is 6.22. The summed E-state index contributed by atoms with van der Waals surface area (Å²) in [5.74, 6) is 0.802. The van der Waals surface area contributed by atoms with Crippen molar-refractivity contribution in [3.05, 3.63) is 29.8 Å². The Bertz CT molecular complexity index is 851. The zero-order chi connectivity index (χ0) is 21.1. The summed E-state index contributed by atoms with van der Waals surface area (Å²) < 4.78 is 7.22. The van der Waals surface area contributed by atoms with Crippen LogP contribution >= 0.6 is 0 Å². The monoisotopic (exact) mass is 404 g/mol. The predicted molar refractivity (Wildman–Crippen MR) is 105 cm³/mol. The molecule has 10 heteroatoms. The van der Waals surface area contributed by atoms with E-state index in [9.17, 15) is 14.7 Å². The number of hydrogen-bond acceptors (Lipinski definition) is 7. The Morgan fingerprint density at radius 2 is 1.93 bits per heavy atom. The molecule has 3 N–H and O–H groups in total. The number of nitrogens with one attached hydrogen (secondary N) is 1. The number of aliphatic hydroxyl groups is 2. The van der Waals surface area contributed by atoms with Crippen LogP contribution in [0.25, 0.3) is 0 Å². The second-order valence-electron chi connectivity index (χ2n) is 7.02. The number of fused-ring (bicyclic) bond motifs is 1. The van der Waals surface area contributed by atoms with Crippen LogP contribution in [-0.2, 0) is 4.79 Å². The molecule has 1 aromatic rings. The Kier molecular flexibility index (Phi) is 6.14. The van der Waals surface area contributed by atoms with E-state index in [2.05, 4.69) is 10.3 Å². The fraction of sp³-hybridized carbons (Fsp3) is 0.474. The van der Waals surface area contributed by atoms with Crippen molar-refractivity contribution in [2.24, 2.45) is 4.99 Å². The number of carbonyl (C=O) groups excluding carboxylic acids is 2. The lowest BCUT2D eigenvalue weighted by atomic mass is 10.1. The number of guanidine groups is 1. The molecule has 0 aromatic heterocycles. The third-order valence-electron chi connectivity index (χ3n) is 4.80. The minimum atomic E-state index is -0.919. The minimum absolute atomic E-state index is 0.0215. The highest BCUT2D eigenvalue weighted by Gasteiger charge is 2.51. The second kappa shape index (κ2) is 8.58. The number of imide groups is 1. The number of urea groups is 1. The molecule has 156 valence electrons. The average molecular weight is 404 g/mol. The van der Waals surface area contributed by atoms with Crippen LogP contribution in [0, 0.1) is 6.92 Å². The molecule has 0 bridgehead atoms. The first-order valence-electron chi connectivity index (χ1n) is 9.33. The van der Waals surface area contributed by atoms with E-state index < -0.39 is 24.1 Å². The van der Waals surface area contributed by atoms with Crippen molar-refractivity contribution in [3.63, 3.8) is 0 Å². The molecule has 0 aliphatic carbocycles. The number of ether oxygens (including phenoxy) is 1. The van der Waals surface area contributed by atoms with Crippen molar-refractivity contribution in [1.29, 1.82) is 0 Å². The van der Waals surface area contributed by atoms with E-state index >= 15 is 0 Å². The molecular formula is C19H26N5O5+. The van der Waals surface area contributed by atoms with Gasteiger partial charge in [0.05, 0.1) is 19.7 Å². The number of carbonyl (C=O) groups is 2. The van der Waals surface area contributed by atoms with Gasteiger partial charge in [0.25, 0.3) is 5.91 Å². The second-order valence-corrected chi connectivity index (χ2v) is 7.02. The Labute approximate surface area is 168 Å². The summed E-state index contributed by atoms with van der Waals surface area (Å²) in [5.41, 5.74) is 1.10. The number of amidine groups is 1. The van der Waals surface area contributed by atoms with Gasteiger partial charge >= 0.3 is 12.0 Å². The van der Waals surface area contributed by atoms with Crippen molar-refractivity contribution in [2.45, 2.75) is 19.1 Å². The maximum Gasteiger partial charge on any atom is 0.390 e. The summed E-state index contributed by atoms with van der Waals surface area (Å²) >= 11 is 0. The highest BCUT2D eigenvalue weighted by atomic mass is 16.5. The van der Waals surface area contributed by atoms with Gasteiger partial charge in [-0.3, -0.25) is 19.9 Å². The van der Waals surface area contributed by atoms with E-state index in [4.69, 9.17) is 9.84 Å². The number of β-amino-alcohol motifs (C(OH)–C–C–N with tert-alkyl or cyclic N) is 1. The van der Waals surface area contributed by atoms with Gasteiger partial charge in [-0.15, -0.1) is 0 Å². The summed E-state index contributed by atoms with van der Waals surface area (Å²) in [7, 11) is 2.95. The van der Waals surface area contributed by atoms with Gasteiger partial charge in [0.1, 0.15) is 18.5 Å². The van der Waals surface area contributed by atoms with Crippen LogP contribution in [0.15, 0.2) is 29.3 Å². The molecule has 29 heavy (non-hydrogen) atoms. The molecule has 3 amide bonds. The van der Waals surface area contributed by atoms with Gasteiger partial charge < -0.3 is 14.9 Å². The van der Waals surface area contributed by atoms with Gasteiger partial charge in [0.2, 0.25) is 11.9 Å². The van der Waals surface area contributed by atoms with Gasteiger partial charge in [0.15, 0.2) is 0 Å². The van der Waals surface area contributed by atoms with Crippen molar-refractivity contribution in [1.82, 2.24) is 15.1 Å². The molecule has 2 atom stereocenters. The summed E-state index contributed by atoms with van der Waals surface area (Å²) in [5, 5.41) is 22.6. The summed E-state index contributed by atoms with van der Waals surface area (Å²) in [4.78, 5) is 31.6. The van der Waals surface area contributed by atoms with Crippen LogP contribution < -0.4 is 10.1 Å². The lowest BCUT2D eigenvalue weighted by Gasteiger charge is -2.32. The molecule has 10 nitrogen and oxygen atoms in total. The average Bonchev–Trinajstić information content (AvgIpc) is 3.07. The lowest BCUT2D eigenvalue weighted by Crippen LogP contribution is -2.62. The molecule has 1 saturated heterocycles. The van der Waals surface area contributed by atoms with Gasteiger partial charge in [-0.05, 0) is 19.1 Å². The SMILES string of the molecule is Cc1ccc(OCC(O)C[N+]2=C(NCCO)N=C3C2C(=O)N(C)C(=O)N3C)cc1. The molecule has 2 aliphatic rings. The highest BCUT2D eigenvalue weighted by Crippen LogP contribution is 2.19. The molecule has 2 heterocycles. The number of aryl methyl sites for hydroxylation is 1. The number of likely N-dealkylation sites (N-methyl/N-ethyl adjacent to an activating group) is 2. The van der Waals surface area contributed by atoms with E-state index in [1.54, 1.807) is 11.6 Å². The van der Waals surface area contributed by atoms with Gasteiger partial charge in [-0.25, -0.2) is 9.37 Å². The molecular weight excluding hydrogens is 378 g/mol. The molecule has 1 aromatic carbocycles. The summed E-state index contributed by atoms with van der Waals surface area (Å²) in [6.45, 7) is 2.13. The molecule has 1 fully saturated rings. The van der Waals surface area contributed by atoms with Crippen LogP contribution in [0.1, 0.15) is 5.56 Å². The quantitative estimate of drug-likeness (QED) is 0.501. The maximum atomic E-state index is 12.7. The number of hydrogen-bond donors (Lipinski definition) is 3. The normalized spacial score (nSPS) is 20.0. The van der Waals surface area contributed by atoms with Crippen LogP contribution in [-0.4, -0.2) is 101 Å². The first kappa shape index (κ1) is 20.7. The fourth-order valence-electron chi connectivity index (χ4n) is 3.21. The number of amides is 3. The smallest absolute Gasteiger partial charge is 0.390 e. The third-order valence-corrected chi connectivity index (χ3v) is 4.80. The molecule has 2 unspecified atom stereocenters. The number of nitrogens with zero attached hydrogens (tertiary/aromatic N) is 4. The first-order chi connectivity index (χ1) is 13.8. The molecule has 0 radical (unpaired) electrons. The van der Waals surface area contributed by atoms with E-state index in [0.717, 1.165) is 10.5 Å². The zero-order valence-corrected chi connectivity index (χ0v) is 16.7. The van der Waals surface area contributed by atoms with Crippen LogP contribution in [0.2, 0.25) is 0 Å². The Morgan fingerprint density at radius 3 is 2.59 bits per heavy atom. The fourth-order valence-corrected chi connectivity index (χ4v) is 3.21. The predicted octanol–water partition coefficient (Wildman–Crippen LogP) is -1.01. The van der Waals surface area contributed by atoms with E-state index in [0.29, 0.717) is 11.7 Å². The van der Waals surface area contributed by atoms with Crippen molar-refractivity contribution < 1.29 is 29.1 Å². The number of benzene rings is 1. The molecule has 2 aliphatic heterocycles.